The van der Waals surface area contributed by atoms with Crippen LogP contribution in [0.3, 0.4) is 0 Å². The number of carboxylic acids is 1. The van der Waals surface area contributed by atoms with Crippen molar-refractivity contribution in [3.8, 4) is 0 Å². The molecule has 0 radical (unpaired) electrons. The molecule has 0 bridgehead atoms. The fraction of sp³-hybridized carbons (Fsp3) is 0.500. The SMILES string of the molecule is CC1c2nc(C(=O)NCC3CCC3)cn2CCN1S(=O)(=O)c1cccnc1.O=C(O)C(F)(F)F. The molecule has 0 saturated heterocycles. The largest absolute Gasteiger partial charge is 0.490 e. The molecule has 186 valence electrons. The van der Waals surface area contributed by atoms with Crippen molar-refractivity contribution in [1.82, 2.24) is 24.2 Å². The Morgan fingerprint density at radius 1 is 1.26 bits per heavy atom. The lowest BCUT2D eigenvalue weighted by Gasteiger charge is -2.32. The first-order valence-corrected chi connectivity index (χ1v) is 11.9. The molecule has 2 aliphatic rings. The first-order chi connectivity index (χ1) is 15.9. The molecule has 4 rings (SSSR count). The van der Waals surface area contributed by atoms with Gasteiger partial charge < -0.3 is 15.0 Å². The predicted octanol–water partition coefficient (Wildman–Crippen LogP) is 2.21. The summed E-state index contributed by atoms with van der Waals surface area (Å²) in [6, 6.07) is 2.68. The van der Waals surface area contributed by atoms with E-state index in [0.29, 0.717) is 37.1 Å². The third-order valence-electron chi connectivity index (χ3n) is 5.67. The van der Waals surface area contributed by atoms with Gasteiger partial charge in [0.25, 0.3) is 5.91 Å². The highest BCUT2D eigenvalue weighted by Gasteiger charge is 2.38. The molecule has 1 amide bonds. The lowest BCUT2D eigenvalue weighted by Crippen LogP contribution is -2.41. The van der Waals surface area contributed by atoms with Crippen LogP contribution in [-0.4, -0.2) is 63.5 Å². The maximum Gasteiger partial charge on any atom is 0.490 e. The molecule has 3 heterocycles. The summed E-state index contributed by atoms with van der Waals surface area (Å²) < 4.78 is 60.9. The van der Waals surface area contributed by atoms with Crippen molar-refractivity contribution in [3.63, 3.8) is 0 Å². The summed E-state index contributed by atoms with van der Waals surface area (Å²) in [6.07, 6.45) is 3.09. The van der Waals surface area contributed by atoms with Crippen LogP contribution >= 0.6 is 0 Å². The molecular weight excluding hydrogens is 479 g/mol. The third kappa shape index (κ3) is 5.73. The Labute approximate surface area is 193 Å². The van der Waals surface area contributed by atoms with E-state index in [1.54, 1.807) is 25.4 Å². The zero-order valence-electron chi connectivity index (χ0n) is 18.2. The van der Waals surface area contributed by atoms with Gasteiger partial charge in [-0.3, -0.25) is 9.78 Å². The van der Waals surface area contributed by atoms with Crippen molar-refractivity contribution < 1.29 is 36.3 Å². The molecule has 1 unspecified atom stereocenters. The Morgan fingerprint density at radius 3 is 2.47 bits per heavy atom. The van der Waals surface area contributed by atoms with Crippen molar-refractivity contribution in [2.24, 2.45) is 5.92 Å². The summed E-state index contributed by atoms with van der Waals surface area (Å²) in [7, 11) is -3.67. The standard InChI is InChI=1S/C18H23N5O3S.C2HF3O2/c1-13-17-21-16(18(24)20-10-14-4-2-5-14)12-22(17)8-9-23(13)27(25,26)15-6-3-7-19-11-15;3-2(4,5)1(6)7/h3,6-7,11-14H,2,4-5,8-10H2,1H3,(H,20,24);(H,6,7). The van der Waals surface area contributed by atoms with Gasteiger partial charge in [0.1, 0.15) is 16.4 Å². The highest BCUT2D eigenvalue weighted by molar-refractivity contribution is 7.89. The van der Waals surface area contributed by atoms with E-state index in [9.17, 15) is 26.4 Å². The van der Waals surface area contributed by atoms with E-state index in [1.807, 2.05) is 4.57 Å². The van der Waals surface area contributed by atoms with Gasteiger partial charge in [0.2, 0.25) is 10.0 Å². The second kappa shape index (κ2) is 10.1. The highest BCUT2D eigenvalue weighted by atomic mass is 32.2. The number of carbonyl (C=O) groups excluding carboxylic acids is 1. The maximum atomic E-state index is 12.9. The molecular formula is C20H24F3N5O5S. The van der Waals surface area contributed by atoms with E-state index in [1.165, 1.54) is 23.0 Å². The van der Waals surface area contributed by atoms with E-state index in [2.05, 4.69) is 15.3 Å². The topological polar surface area (TPSA) is 134 Å². The summed E-state index contributed by atoms with van der Waals surface area (Å²) in [4.78, 5) is 29.8. The lowest BCUT2D eigenvalue weighted by molar-refractivity contribution is -0.192. The molecule has 14 heteroatoms. The summed E-state index contributed by atoms with van der Waals surface area (Å²) >= 11 is 0. The number of nitrogens with one attached hydrogen (secondary N) is 1. The number of aliphatic carboxylic acids is 1. The Morgan fingerprint density at radius 2 is 1.94 bits per heavy atom. The molecule has 0 aromatic carbocycles. The molecule has 2 aromatic rings. The number of aromatic nitrogens is 3. The van der Waals surface area contributed by atoms with Gasteiger partial charge in [-0.15, -0.1) is 0 Å². The Kier molecular flexibility index (Phi) is 7.60. The van der Waals surface area contributed by atoms with Gasteiger partial charge in [-0.25, -0.2) is 18.2 Å². The molecule has 1 saturated carbocycles. The van der Waals surface area contributed by atoms with Gasteiger partial charge in [-0.2, -0.15) is 17.5 Å². The zero-order valence-corrected chi connectivity index (χ0v) is 19.0. The van der Waals surface area contributed by atoms with Crippen molar-refractivity contribution in [3.05, 3.63) is 42.2 Å². The van der Waals surface area contributed by atoms with Crippen LogP contribution in [0.5, 0.6) is 0 Å². The number of imidazole rings is 1. The Balaban J connectivity index is 0.000000406. The zero-order chi connectivity index (χ0) is 25.1. The van der Waals surface area contributed by atoms with E-state index in [0.717, 1.165) is 12.8 Å². The quantitative estimate of drug-likeness (QED) is 0.639. The minimum atomic E-state index is -5.08. The van der Waals surface area contributed by atoms with Crippen LogP contribution < -0.4 is 5.32 Å². The van der Waals surface area contributed by atoms with Gasteiger partial charge in [0.05, 0.1) is 6.04 Å². The van der Waals surface area contributed by atoms with Crippen LogP contribution in [0.4, 0.5) is 13.2 Å². The summed E-state index contributed by atoms with van der Waals surface area (Å²) in [6.45, 7) is 3.26. The molecule has 1 aliphatic carbocycles. The normalized spacial score (nSPS) is 18.8. The minimum absolute atomic E-state index is 0.162. The van der Waals surface area contributed by atoms with Crippen molar-refractivity contribution in [2.75, 3.05) is 13.1 Å². The number of rotatable bonds is 5. The van der Waals surface area contributed by atoms with Crippen LogP contribution in [0.2, 0.25) is 0 Å². The van der Waals surface area contributed by atoms with Gasteiger partial charge in [-0.05, 0) is 37.8 Å². The smallest absolute Gasteiger partial charge is 0.475 e. The number of halogens is 3. The van der Waals surface area contributed by atoms with E-state index in [4.69, 9.17) is 9.90 Å². The summed E-state index contributed by atoms with van der Waals surface area (Å²) in [5, 5.41) is 10.1. The molecule has 0 spiro atoms. The first-order valence-electron chi connectivity index (χ1n) is 10.5. The number of amides is 1. The first kappa shape index (κ1) is 25.6. The second-order valence-electron chi connectivity index (χ2n) is 7.97. The molecule has 1 fully saturated rings. The average molecular weight is 504 g/mol. The number of pyridine rings is 1. The number of alkyl halides is 3. The number of sulfonamides is 1. The van der Waals surface area contributed by atoms with Crippen LogP contribution in [0.25, 0.3) is 0 Å². The minimum Gasteiger partial charge on any atom is -0.475 e. The lowest BCUT2D eigenvalue weighted by atomic mass is 9.85. The Hall–Kier alpha value is -3.00. The Bertz CT molecular complexity index is 1130. The van der Waals surface area contributed by atoms with Crippen molar-refractivity contribution >= 4 is 21.9 Å². The molecule has 1 aliphatic heterocycles. The average Bonchev–Trinajstić information content (AvgIpc) is 3.18. The van der Waals surface area contributed by atoms with Crippen LogP contribution in [0.1, 0.15) is 48.5 Å². The monoisotopic (exact) mass is 503 g/mol. The summed E-state index contributed by atoms with van der Waals surface area (Å²) in [5.74, 6) is -1.79. The number of nitrogens with zero attached hydrogens (tertiary/aromatic N) is 4. The van der Waals surface area contributed by atoms with E-state index >= 15 is 0 Å². The molecule has 2 aromatic heterocycles. The molecule has 10 nitrogen and oxygen atoms in total. The second-order valence-corrected chi connectivity index (χ2v) is 9.86. The number of hydrogen-bond donors (Lipinski definition) is 2. The van der Waals surface area contributed by atoms with Crippen LogP contribution in [-0.2, 0) is 21.4 Å². The van der Waals surface area contributed by atoms with E-state index in [-0.39, 0.29) is 10.8 Å². The van der Waals surface area contributed by atoms with Gasteiger partial charge in [-0.1, -0.05) is 6.42 Å². The van der Waals surface area contributed by atoms with Crippen LogP contribution in [0, 0.1) is 5.92 Å². The predicted molar refractivity (Wildman–Crippen MR) is 112 cm³/mol. The van der Waals surface area contributed by atoms with Gasteiger partial charge in [0.15, 0.2) is 0 Å². The fourth-order valence-corrected chi connectivity index (χ4v) is 5.12. The number of carbonyl (C=O) groups is 2. The fourth-order valence-electron chi connectivity index (χ4n) is 3.57. The summed E-state index contributed by atoms with van der Waals surface area (Å²) in [5.41, 5.74) is 0.344. The highest BCUT2D eigenvalue weighted by Crippen LogP contribution is 2.30. The van der Waals surface area contributed by atoms with Crippen LogP contribution in [0.15, 0.2) is 35.6 Å². The number of carboxylic acid groups (broad SMARTS) is 1. The number of hydrogen-bond acceptors (Lipinski definition) is 6. The van der Waals surface area contributed by atoms with Crippen molar-refractivity contribution in [1.29, 1.82) is 0 Å². The third-order valence-corrected chi connectivity index (χ3v) is 7.62. The molecule has 2 N–H and O–H groups in total. The van der Waals surface area contributed by atoms with Crippen molar-refractivity contribution in [2.45, 2.75) is 49.8 Å². The molecule has 1 atom stereocenters. The van der Waals surface area contributed by atoms with E-state index < -0.39 is 28.2 Å². The number of fused-ring (bicyclic) bond motifs is 1. The van der Waals surface area contributed by atoms with Gasteiger partial charge in [0, 0.05) is 38.2 Å². The molecule has 34 heavy (non-hydrogen) atoms. The van der Waals surface area contributed by atoms with Gasteiger partial charge >= 0.3 is 12.1 Å². The maximum absolute atomic E-state index is 12.9.